The third-order valence-corrected chi connectivity index (χ3v) is 6.51. The van der Waals surface area contributed by atoms with Crippen molar-refractivity contribution in [1.29, 1.82) is 0 Å². The average molecular weight is 585 g/mol. The van der Waals surface area contributed by atoms with Crippen LogP contribution in [0.1, 0.15) is 129 Å². The summed E-state index contributed by atoms with van der Waals surface area (Å²) in [4.78, 5) is 24.0. The van der Waals surface area contributed by atoms with Crippen molar-refractivity contribution in [2.24, 2.45) is 0 Å². The smallest absolute Gasteiger partial charge is 0.306 e. The average Bonchev–Trinajstić information content (AvgIpc) is 2.99. The lowest BCUT2D eigenvalue weighted by atomic mass is 10.1. The van der Waals surface area contributed by atoms with Crippen molar-refractivity contribution in [1.82, 2.24) is 0 Å². The molecule has 1 atom stereocenters. The van der Waals surface area contributed by atoms with Crippen molar-refractivity contribution in [3.8, 4) is 0 Å². The number of hydrogen-bond acceptors (Lipinski definition) is 5. The van der Waals surface area contributed by atoms with Gasteiger partial charge in [0, 0.05) is 12.8 Å². The first-order valence-corrected chi connectivity index (χ1v) is 16.5. The molecule has 0 aliphatic heterocycles. The van der Waals surface area contributed by atoms with Crippen molar-refractivity contribution < 1.29 is 24.2 Å². The zero-order valence-electron chi connectivity index (χ0n) is 26.7. The zero-order valence-corrected chi connectivity index (χ0v) is 26.7. The molecule has 5 heteroatoms. The maximum absolute atomic E-state index is 12.1. The highest BCUT2D eigenvalue weighted by molar-refractivity contribution is 5.70. The maximum atomic E-state index is 12.1. The highest BCUT2D eigenvalue weighted by Gasteiger charge is 2.15. The number of aliphatic hydroxyl groups excluding tert-OH is 1. The van der Waals surface area contributed by atoms with E-state index in [-0.39, 0.29) is 25.2 Å². The SMILES string of the molecule is CC/C=C\C/C=C\C/C=C\C/C=C\C/C=C\C/C=C\CCCCC(=O)OC(CO)COC(=O)CCCCCCCCC. The van der Waals surface area contributed by atoms with E-state index in [0.717, 1.165) is 77.0 Å². The Kier molecular flexibility index (Phi) is 30.8. The number of carbonyl (C=O) groups excluding carboxylic acids is 2. The Bertz CT molecular complexity index is 803. The molecule has 0 radical (unpaired) electrons. The molecular weight excluding hydrogens is 524 g/mol. The molecule has 238 valence electrons. The molecule has 1 unspecified atom stereocenters. The van der Waals surface area contributed by atoms with Gasteiger partial charge in [-0.25, -0.2) is 0 Å². The van der Waals surface area contributed by atoms with Gasteiger partial charge in [0.1, 0.15) is 6.61 Å². The van der Waals surface area contributed by atoms with E-state index in [9.17, 15) is 14.7 Å². The Morgan fingerprint density at radius 3 is 1.55 bits per heavy atom. The minimum absolute atomic E-state index is 0.0872. The van der Waals surface area contributed by atoms with E-state index < -0.39 is 6.10 Å². The van der Waals surface area contributed by atoms with Crippen molar-refractivity contribution in [2.45, 2.75) is 136 Å². The second-order valence-corrected chi connectivity index (χ2v) is 10.5. The summed E-state index contributed by atoms with van der Waals surface area (Å²) in [6.45, 7) is 3.91. The van der Waals surface area contributed by atoms with Gasteiger partial charge in [0.25, 0.3) is 0 Å². The summed E-state index contributed by atoms with van der Waals surface area (Å²) < 4.78 is 10.5. The van der Waals surface area contributed by atoms with Crippen LogP contribution in [0.15, 0.2) is 72.9 Å². The monoisotopic (exact) mass is 584 g/mol. The molecule has 0 aliphatic carbocycles. The van der Waals surface area contributed by atoms with E-state index in [1.807, 2.05) is 0 Å². The normalized spacial score (nSPS) is 13.1. The van der Waals surface area contributed by atoms with Crippen LogP contribution < -0.4 is 0 Å². The number of rotatable bonds is 28. The lowest BCUT2D eigenvalue weighted by molar-refractivity contribution is -0.161. The standard InChI is InChI=1S/C37H60O5/c1-3-5-7-9-11-12-13-14-15-16-17-18-19-20-21-22-23-24-26-28-30-32-37(40)42-35(33-38)34-41-36(39)31-29-27-25-10-8-6-4-2/h5,7,11-12,14-15,17-18,20-21,23-24,35,38H,3-4,6,8-10,13,16,19,22,25-34H2,1-2H3/b7-5-,12-11-,15-14-,18-17-,21-20-,24-23-. The number of ether oxygens (including phenoxy) is 2. The predicted molar refractivity (Wildman–Crippen MR) is 177 cm³/mol. The van der Waals surface area contributed by atoms with Gasteiger partial charge in [-0.3, -0.25) is 9.59 Å². The van der Waals surface area contributed by atoms with Gasteiger partial charge in [-0.2, -0.15) is 0 Å². The summed E-state index contributed by atoms with van der Waals surface area (Å²) in [5.74, 6) is -0.658. The first kappa shape index (κ1) is 39.3. The molecule has 0 bridgehead atoms. The number of aliphatic hydroxyl groups is 1. The lowest BCUT2D eigenvalue weighted by Gasteiger charge is -2.15. The molecule has 0 aromatic heterocycles. The Morgan fingerprint density at radius 2 is 1.02 bits per heavy atom. The summed E-state index contributed by atoms with van der Waals surface area (Å²) in [6.07, 6.45) is 42.5. The van der Waals surface area contributed by atoms with Crippen molar-refractivity contribution >= 4 is 11.9 Å². The summed E-state index contributed by atoms with van der Waals surface area (Å²) in [7, 11) is 0. The zero-order chi connectivity index (χ0) is 30.8. The molecule has 5 nitrogen and oxygen atoms in total. The first-order chi connectivity index (χ1) is 20.6. The fourth-order valence-corrected chi connectivity index (χ4v) is 4.02. The van der Waals surface area contributed by atoms with Crippen LogP contribution in [-0.4, -0.2) is 36.4 Å². The predicted octanol–water partition coefficient (Wildman–Crippen LogP) is 9.83. The van der Waals surface area contributed by atoms with E-state index in [1.165, 1.54) is 25.7 Å². The van der Waals surface area contributed by atoms with Crippen LogP contribution in [-0.2, 0) is 19.1 Å². The van der Waals surface area contributed by atoms with E-state index in [1.54, 1.807) is 0 Å². The van der Waals surface area contributed by atoms with Gasteiger partial charge in [-0.15, -0.1) is 0 Å². The summed E-state index contributed by atoms with van der Waals surface area (Å²) in [5, 5.41) is 9.46. The second-order valence-electron chi connectivity index (χ2n) is 10.5. The van der Waals surface area contributed by atoms with Gasteiger partial charge in [0.2, 0.25) is 0 Å². The van der Waals surface area contributed by atoms with Crippen LogP contribution in [0.5, 0.6) is 0 Å². The number of unbranched alkanes of at least 4 members (excludes halogenated alkanes) is 8. The van der Waals surface area contributed by atoms with Gasteiger partial charge in [-0.05, 0) is 64.2 Å². The lowest BCUT2D eigenvalue weighted by Crippen LogP contribution is -2.28. The van der Waals surface area contributed by atoms with E-state index in [4.69, 9.17) is 9.47 Å². The molecule has 42 heavy (non-hydrogen) atoms. The van der Waals surface area contributed by atoms with E-state index in [2.05, 4.69) is 86.8 Å². The molecule has 1 N–H and O–H groups in total. The van der Waals surface area contributed by atoms with Crippen molar-refractivity contribution in [2.75, 3.05) is 13.2 Å². The molecule has 0 saturated carbocycles. The summed E-state index contributed by atoms with van der Waals surface area (Å²) in [6, 6.07) is 0. The van der Waals surface area contributed by atoms with Gasteiger partial charge >= 0.3 is 11.9 Å². The fourth-order valence-electron chi connectivity index (χ4n) is 4.02. The number of hydrogen-bond donors (Lipinski definition) is 1. The summed E-state index contributed by atoms with van der Waals surface area (Å²) in [5.41, 5.74) is 0. The van der Waals surface area contributed by atoms with Gasteiger partial charge < -0.3 is 14.6 Å². The molecule has 0 spiro atoms. The number of carbonyl (C=O) groups is 2. The molecule has 0 fully saturated rings. The molecular formula is C37H60O5. The van der Waals surface area contributed by atoms with Crippen LogP contribution >= 0.6 is 0 Å². The Balaban J connectivity index is 3.73. The summed E-state index contributed by atoms with van der Waals surface area (Å²) >= 11 is 0. The van der Waals surface area contributed by atoms with E-state index >= 15 is 0 Å². The molecule has 0 aromatic rings. The topological polar surface area (TPSA) is 72.8 Å². The highest BCUT2D eigenvalue weighted by atomic mass is 16.6. The van der Waals surface area contributed by atoms with Crippen LogP contribution in [0, 0.1) is 0 Å². The Hall–Kier alpha value is -2.66. The van der Waals surface area contributed by atoms with Crippen LogP contribution in [0.4, 0.5) is 0 Å². The highest BCUT2D eigenvalue weighted by Crippen LogP contribution is 2.10. The van der Waals surface area contributed by atoms with Gasteiger partial charge in [0.05, 0.1) is 6.61 Å². The molecule has 0 aromatic carbocycles. The van der Waals surface area contributed by atoms with Crippen LogP contribution in [0.2, 0.25) is 0 Å². The fraction of sp³-hybridized carbons (Fsp3) is 0.622. The maximum Gasteiger partial charge on any atom is 0.306 e. The molecule has 0 aliphatic rings. The molecule has 0 saturated heterocycles. The van der Waals surface area contributed by atoms with Gasteiger partial charge in [-0.1, -0.05) is 125 Å². The third-order valence-electron chi connectivity index (χ3n) is 6.51. The molecule has 0 heterocycles. The molecule has 0 amide bonds. The third kappa shape index (κ3) is 30.3. The van der Waals surface area contributed by atoms with Crippen molar-refractivity contribution in [3.63, 3.8) is 0 Å². The number of esters is 2. The van der Waals surface area contributed by atoms with Crippen LogP contribution in [0.25, 0.3) is 0 Å². The van der Waals surface area contributed by atoms with Crippen molar-refractivity contribution in [3.05, 3.63) is 72.9 Å². The second kappa shape index (κ2) is 32.8. The van der Waals surface area contributed by atoms with Gasteiger partial charge in [0.15, 0.2) is 6.10 Å². The van der Waals surface area contributed by atoms with Crippen LogP contribution in [0.3, 0.4) is 0 Å². The molecule has 0 rings (SSSR count). The number of allylic oxidation sites excluding steroid dienone is 12. The van der Waals surface area contributed by atoms with E-state index in [0.29, 0.717) is 12.8 Å². The Labute approximate surface area is 257 Å². The minimum Gasteiger partial charge on any atom is -0.462 e. The largest absolute Gasteiger partial charge is 0.462 e. The first-order valence-electron chi connectivity index (χ1n) is 16.5. The quantitative estimate of drug-likeness (QED) is 0.0563. The minimum atomic E-state index is -0.793. The Morgan fingerprint density at radius 1 is 0.571 bits per heavy atom.